The van der Waals surface area contributed by atoms with Gasteiger partial charge in [-0.05, 0) is 31.5 Å². The molecule has 2 nitrogen and oxygen atoms in total. The van der Waals surface area contributed by atoms with E-state index in [2.05, 4.69) is 43.1 Å². The normalized spacial score (nSPS) is 10.6. The fourth-order valence-electron chi connectivity index (χ4n) is 1.98. The zero-order chi connectivity index (χ0) is 13.0. The molecule has 0 saturated carbocycles. The summed E-state index contributed by atoms with van der Waals surface area (Å²) in [5, 5.41) is 0. The van der Waals surface area contributed by atoms with Gasteiger partial charge in [0.1, 0.15) is 0 Å². The maximum atomic E-state index is 5.59. The Morgan fingerprint density at radius 3 is 2.50 bits per heavy atom. The van der Waals surface area contributed by atoms with Gasteiger partial charge in [-0.1, -0.05) is 29.3 Å². The van der Waals surface area contributed by atoms with E-state index in [1.807, 2.05) is 24.0 Å². The minimum absolute atomic E-state index is 0.498. The van der Waals surface area contributed by atoms with Crippen molar-refractivity contribution < 1.29 is 0 Å². The van der Waals surface area contributed by atoms with Crippen molar-refractivity contribution in [3.63, 3.8) is 0 Å². The molecule has 0 bridgehead atoms. The van der Waals surface area contributed by atoms with Gasteiger partial charge in [0.2, 0.25) is 0 Å². The molecule has 18 heavy (non-hydrogen) atoms. The first-order chi connectivity index (χ1) is 8.67. The fourth-order valence-corrected chi connectivity index (χ4v) is 2.85. The fraction of sp³-hybridized carbons (Fsp3) is 0.267. The molecule has 2 N–H and O–H groups in total. The van der Waals surface area contributed by atoms with Gasteiger partial charge in [-0.25, -0.2) is 0 Å². The van der Waals surface area contributed by atoms with E-state index >= 15 is 0 Å². The van der Waals surface area contributed by atoms with E-state index in [1.54, 1.807) is 0 Å². The molecule has 1 heterocycles. The molecule has 3 heteroatoms. The van der Waals surface area contributed by atoms with Crippen LogP contribution in [0.15, 0.2) is 41.4 Å². The van der Waals surface area contributed by atoms with Crippen LogP contribution in [0.5, 0.6) is 0 Å². The van der Waals surface area contributed by atoms with E-state index < -0.39 is 0 Å². The summed E-state index contributed by atoms with van der Waals surface area (Å²) in [4.78, 5) is 5.43. The van der Waals surface area contributed by atoms with Crippen LogP contribution in [0, 0.1) is 13.8 Å². The zero-order valence-corrected chi connectivity index (χ0v) is 11.6. The number of rotatable bonds is 4. The Hall–Kier alpha value is -1.32. The molecule has 0 unspecified atom stereocenters. The number of thioether (sulfide) groups is 1. The van der Waals surface area contributed by atoms with Gasteiger partial charge in [0, 0.05) is 23.4 Å². The van der Waals surface area contributed by atoms with Crippen LogP contribution in [0.25, 0.3) is 0 Å². The highest BCUT2D eigenvalue weighted by Crippen LogP contribution is 2.23. The van der Waals surface area contributed by atoms with Crippen molar-refractivity contribution in [2.24, 2.45) is 5.73 Å². The lowest BCUT2D eigenvalue weighted by Gasteiger charge is -2.06. The zero-order valence-electron chi connectivity index (χ0n) is 10.8. The van der Waals surface area contributed by atoms with Gasteiger partial charge < -0.3 is 5.73 Å². The van der Waals surface area contributed by atoms with Crippen molar-refractivity contribution in [1.29, 1.82) is 0 Å². The molecule has 0 spiro atoms. The molecule has 0 aliphatic carbocycles. The highest BCUT2D eigenvalue weighted by Gasteiger charge is 2.00. The molecule has 2 aromatic rings. The van der Waals surface area contributed by atoms with Crippen LogP contribution >= 0.6 is 11.8 Å². The van der Waals surface area contributed by atoms with Crippen LogP contribution in [0.2, 0.25) is 0 Å². The molecule has 1 aromatic carbocycles. The first kappa shape index (κ1) is 13.1. The maximum absolute atomic E-state index is 5.59. The van der Waals surface area contributed by atoms with Crippen molar-refractivity contribution in [3.8, 4) is 0 Å². The van der Waals surface area contributed by atoms with Gasteiger partial charge in [-0.2, -0.15) is 0 Å². The number of aryl methyl sites for hydroxylation is 2. The van der Waals surface area contributed by atoms with Gasteiger partial charge in [0.15, 0.2) is 0 Å². The van der Waals surface area contributed by atoms with Crippen molar-refractivity contribution >= 4 is 11.8 Å². The quantitative estimate of drug-likeness (QED) is 0.854. The van der Waals surface area contributed by atoms with Crippen molar-refractivity contribution in [2.45, 2.75) is 31.0 Å². The molecule has 0 fully saturated rings. The monoisotopic (exact) mass is 258 g/mol. The summed E-state index contributed by atoms with van der Waals surface area (Å²) in [6.45, 7) is 4.78. The minimum atomic E-state index is 0.498. The smallest absolute Gasteiger partial charge is 0.0550 e. The second-order valence-corrected chi connectivity index (χ2v) is 5.52. The number of benzene rings is 1. The van der Waals surface area contributed by atoms with Gasteiger partial charge in [-0.15, -0.1) is 11.8 Å². The van der Waals surface area contributed by atoms with Gasteiger partial charge >= 0.3 is 0 Å². The summed E-state index contributed by atoms with van der Waals surface area (Å²) >= 11 is 1.82. The summed E-state index contributed by atoms with van der Waals surface area (Å²) < 4.78 is 0. The lowest BCUT2D eigenvalue weighted by atomic mass is 10.1. The van der Waals surface area contributed by atoms with E-state index in [0.29, 0.717) is 6.54 Å². The number of aromatic nitrogens is 1. The average molecular weight is 258 g/mol. The Bertz CT molecular complexity index is 518. The van der Waals surface area contributed by atoms with Crippen molar-refractivity contribution in [1.82, 2.24) is 4.98 Å². The second kappa shape index (κ2) is 6.03. The second-order valence-electron chi connectivity index (χ2n) is 4.47. The molecule has 0 atom stereocenters. The summed E-state index contributed by atoms with van der Waals surface area (Å²) in [5.41, 5.74) is 10.5. The summed E-state index contributed by atoms with van der Waals surface area (Å²) in [5.74, 6) is 0.983. The molecule has 0 radical (unpaired) electrons. The maximum Gasteiger partial charge on any atom is 0.0550 e. The lowest BCUT2D eigenvalue weighted by molar-refractivity contribution is 0.976. The molecule has 0 aliphatic heterocycles. The lowest BCUT2D eigenvalue weighted by Crippen LogP contribution is -1.98. The molecule has 0 saturated heterocycles. The Morgan fingerprint density at radius 1 is 1.11 bits per heavy atom. The first-order valence-corrected chi connectivity index (χ1v) is 7.01. The van der Waals surface area contributed by atoms with Crippen LogP contribution in [0.1, 0.15) is 22.4 Å². The van der Waals surface area contributed by atoms with Crippen LogP contribution in [-0.2, 0) is 12.3 Å². The topological polar surface area (TPSA) is 38.9 Å². The number of hydrogen-bond acceptors (Lipinski definition) is 3. The summed E-state index contributed by atoms with van der Waals surface area (Å²) in [7, 11) is 0. The predicted octanol–water partition coefficient (Wildman–Crippen LogP) is 3.45. The third kappa shape index (κ3) is 3.59. The van der Waals surface area contributed by atoms with Crippen LogP contribution < -0.4 is 5.73 Å². The number of hydrogen-bond donors (Lipinski definition) is 1. The van der Waals surface area contributed by atoms with E-state index in [-0.39, 0.29) is 0 Å². The minimum Gasteiger partial charge on any atom is -0.325 e. The molecular weight excluding hydrogens is 240 g/mol. The summed E-state index contributed by atoms with van der Waals surface area (Å²) in [6.07, 6.45) is 1.83. The van der Waals surface area contributed by atoms with E-state index in [9.17, 15) is 0 Å². The van der Waals surface area contributed by atoms with Gasteiger partial charge in [-0.3, -0.25) is 4.98 Å². The summed E-state index contributed by atoms with van der Waals surface area (Å²) in [6, 6.07) is 10.8. The largest absolute Gasteiger partial charge is 0.325 e. The van der Waals surface area contributed by atoms with Gasteiger partial charge in [0.25, 0.3) is 0 Å². The third-order valence-corrected chi connectivity index (χ3v) is 3.75. The standard InChI is InChI=1S/C15H18N2S/c1-11-5-12(2)7-13(6-11)10-18-15-3-4-17-14(8-15)9-16/h3-8H,9-10,16H2,1-2H3. The van der Waals surface area contributed by atoms with Crippen molar-refractivity contribution in [3.05, 3.63) is 58.9 Å². The molecule has 1 aromatic heterocycles. The number of nitrogens with two attached hydrogens (primary N) is 1. The Labute approximate surface area is 113 Å². The molecule has 94 valence electrons. The third-order valence-electron chi connectivity index (χ3n) is 2.68. The Morgan fingerprint density at radius 2 is 1.83 bits per heavy atom. The SMILES string of the molecule is Cc1cc(C)cc(CSc2ccnc(CN)c2)c1. The Kier molecular flexibility index (Phi) is 4.39. The van der Waals surface area contributed by atoms with E-state index in [4.69, 9.17) is 5.73 Å². The van der Waals surface area contributed by atoms with Crippen LogP contribution in [0.4, 0.5) is 0 Å². The highest BCUT2D eigenvalue weighted by atomic mass is 32.2. The van der Waals surface area contributed by atoms with Crippen molar-refractivity contribution in [2.75, 3.05) is 0 Å². The number of pyridine rings is 1. The molecular formula is C15H18N2S. The molecule has 0 aliphatic rings. The Balaban J connectivity index is 2.06. The highest BCUT2D eigenvalue weighted by molar-refractivity contribution is 7.98. The van der Waals surface area contributed by atoms with E-state index in [0.717, 1.165) is 11.4 Å². The van der Waals surface area contributed by atoms with Crippen LogP contribution in [-0.4, -0.2) is 4.98 Å². The molecule has 0 amide bonds. The average Bonchev–Trinajstić information content (AvgIpc) is 2.35. The number of nitrogens with zero attached hydrogens (tertiary/aromatic N) is 1. The van der Waals surface area contributed by atoms with E-state index in [1.165, 1.54) is 21.6 Å². The van der Waals surface area contributed by atoms with Gasteiger partial charge in [0.05, 0.1) is 5.69 Å². The molecule has 2 rings (SSSR count). The van der Waals surface area contributed by atoms with Crippen LogP contribution in [0.3, 0.4) is 0 Å². The predicted molar refractivity (Wildman–Crippen MR) is 77.6 cm³/mol. The first-order valence-electron chi connectivity index (χ1n) is 6.02.